The molecule has 68 valence electrons. The zero-order valence-electron chi connectivity index (χ0n) is 7.18. The first-order chi connectivity index (χ1) is 6.15. The number of hydrogen-bond acceptors (Lipinski definition) is 4. The van der Waals surface area contributed by atoms with Gasteiger partial charge in [-0.15, -0.1) is 0 Å². The molecule has 0 spiro atoms. The predicted octanol–water partition coefficient (Wildman–Crippen LogP) is 0.308. The SMILES string of the molecule is Cc1cncc(C(O)C(O)C#N)c1. The number of aliphatic hydroxyl groups excluding tert-OH is 2. The van der Waals surface area contributed by atoms with Gasteiger partial charge in [-0.05, 0) is 12.5 Å². The van der Waals surface area contributed by atoms with Crippen molar-refractivity contribution in [3.63, 3.8) is 0 Å². The molecule has 13 heavy (non-hydrogen) atoms. The first-order valence-corrected chi connectivity index (χ1v) is 3.82. The van der Waals surface area contributed by atoms with Crippen molar-refractivity contribution in [2.45, 2.75) is 19.1 Å². The average Bonchev–Trinajstić information content (AvgIpc) is 2.15. The van der Waals surface area contributed by atoms with Crippen LogP contribution in [0.1, 0.15) is 17.2 Å². The first-order valence-electron chi connectivity index (χ1n) is 3.82. The number of nitrogens with zero attached hydrogens (tertiary/aromatic N) is 2. The highest BCUT2D eigenvalue weighted by molar-refractivity contribution is 5.21. The van der Waals surface area contributed by atoms with Crippen LogP contribution in [0.25, 0.3) is 0 Å². The maximum Gasteiger partial charge on any atom is 0.170 e. The fraction of sp³-hybridized carbons (Fsp3) is 0.333. The van der Waals surface area contributed by atoms with Crippen molar-refractivity contribution in [1.29, 1.82) is 5.26 Å². The van der Waals surface area contributed by atoms with Gasteiger partial charge in [0.05, 0.1) is 6.07 Å². The van der Waals surface area contributed by atoms with E-state index in [9.17, 15) is 5.11 Å². The second-order valence-corrected chi connectivity index (χ2v) is 2.81. The van der Waals surface area contributed by atoms with Gasteiger partial charge in [0.2, 0.25) is 0 Å². The van der Waals surface area contributed by atoms with Crippen LogP contribution in [-0.2, 0) is 0 Å². The van der Waals surface area contributed by atoms with Gasteiger partial charge in [-0.25, -0.2) is 0 Å². The molecular formula is C9H10N2O2. The van der Waals surface area contributed by atoms with Crippen molar-refractivity contribution in [2.24, 2.45) is 0 Å². The van der Waals surface area contributed by atoms with Crippen LogP contribution in [0.15, 0.2) is 18.5 Å². The third-order valence-corrected chi connectivity index (χ3v) is 1.67. The number of aliphatic hydroxyl groups is 2. The van der Waals surface area contributed by atoms with E-state index in [1.54, 1.807) is 18.3 Å². The van der Waals surface area contributed by atoms with Crippen molar-refractivity contribution < 1.29 is 10.2 Å². The lowest BCUT2D eigenvalue weighted by molar-refractivity contribution is 0.0525. The number of aryl methyl sites for hydroxylation is 1. The molecule has 0 fully saturated rings. The molecule has 1 heterocycles. The molecule has 4 heteroatoms. The molecule has 0 aliphatic carbocycles. The van der Waals surface area contributed by atoms with Crippen LogP contribution in [0.5, 0.6) is 0 Å². The summed E-state index contributed by atoms with van der Waals surface area (Å²) in [6.45, 7) is 1.82. The van der Waals surface area contributed by atoms with Crippen molar-refractivity contribution in [3.05, 3.63) is 29.6 Å². The highest BCUT2D eigenvalue weighted by Crippen LogP contribution is 2.15. The minimum Gasteiger partial charge on any atom is -0.384 e. The largest absolute Gasteiger partial charge is 0.384 e. The highest BCUT2D eigenvalue weighted by Gasteiger charge is 2.17. The van der Waals surface area contributed by atoms with Crippen LogP contribution in [0.3, 0.4) is 0 Å². The number of pyridine rings is 1. The van der Waals surface area contributed by atoms with E-state index in [1.165, 1.54) is 6.20 Å². The third-order valence-electron chi connectivity index (χ3n) is 1.67. The van der Waals surface area contributed by atoms with Gasteiger partial charge in [0.15, 0.2) is 6.10 Å². The molecule has 2 atom stereocenters. The van der Waals surface area contributed by atoms with E-state index in [4.69, 9.17) is 10.4 Å². The van der Waals surface area contributed by atoms with E-state index >= 15 is 0 Å². The van der Waals surface area contributed by atoms with Crippen LogP contribution in [-0.4, -0.2) is 21.3 Å². The third kappa shape index (κ3) is 2.25. The maximum absolute atomic E-state index is 9.40. The molecule has 0 aliphatic rings. The van der Waals surface area contributed by atoms with E-state index in [1.807, 2.05) is 6.92 Å². The zero-order valence-corrected chi connectivity index (χ0v) is 7.18. The zero-order chi connectivity index (χ0) is 9.84. The Balaban J connectivity index is 2.90. The number of rotatable bonds is 2. The standard InChI is InChI=1S/C9H10N2O2/c1-6-2-7(5-11-4-6)9(13)8(12)3-10/h2,4-5,8-9,12-13H,1H3. The lowest BCUT2D eigenvalue weighted by atomic mass is 10.1. The number of nitriles is 1. The van der Waals surface area contributed by atoms with E-state index in [0.717, 1.165) is 5.56 Å². The Morgan fingerprint density at radius 3 is 2.69 bits per heavy atom. The van der Waals surface area contributed by atoms with E-state index in [-0.39, 0.29) is 0 Å². The van der Waals surface area contributed by atoms with Gasteiger partial charge in [-0.2, -0.15) is 5.26 Å². The molecule has 0 saturated carbocycles. The van der Waals surface area contributed by atoms with E-state index < -0.39 is 12.2 Å². The monoisotopic (exact) mass is 178 g/mol. The van der Waals surface area contributed by atoms with Gasteiger partial charge in [-0.1, -0.05) is 6.07 Å². The number of aromatic nitrogens is 1. The minimum atomic E-state index is -1.40. The summed E-state index contributed by atoms with van der Waals surface area (Å²) in [4.78, 5) is 3.84. The Hall–Kier alpha value is -1.44. The summed E-state index contributed by atoms with van der Waals surface area (Å²) < 4.78 is 0. The molecule has 1 aromatic heterocycles. The van der Waals surface area contributed by atoms with Gasteiger partial charge < -0.3 is 10.2 Å². The van der Waals surface area contributed by atoms with Crippen molar-refractivity contribution in [1.82, 2.24) is 4.98 Å². The van der Waals surface area contributed by atoms with Crippen LogP contribution < -0.4 is 0 Å². The Morgan fingerprint density at radius 2 is 2.15 bits per heavy atom. The number of hydrogen-bond donors (Lipinski definition) is 2. The quantitative estimate of drug-likeness (QED) is 0.639. The first kappa shape index (κ1) is 9.65. The molecule has 0 bridgehead atoms. The lowest BCUT2D eigenvalue weighted by Crippen LogP contribution is -2.15. The molecule has 0 radical (unpaired) electrons. The molecular weight excluding hydrogens is 168 g/mol. The van der Waals surface area contributed by atoms with Crippen LogP contribution in [0.2, 0.25) is 0 Å². The van der Waals surface area contributed by atoms with Gasteiger partial charge in [0, 0.05) is 18.0 Å². The summed E-state index contributed by atoms with van der Waals surface area (Å²) in [5.41, 5.74) is 1.33. The van der Waals surface area contributed by atoms with Crippen molar-refractivity contribution in [2.75, 3.05) is 0 Å². The smallest absolute Gasteiger partial charge is 0.170 e. The molecule has 2 unspecified atom stereocenters. The minimum absolute atomic E-state index is 0.453. The van der Waals surface area contributed by atoms with E-state index in [0.29, 0.717) is 5.56 Å². The van der Waals surface area contributed by atoms with Crippen LogP contribution >= 0.6 is 0 Å². The summed E-state index contributed by atoms with van der Waals surface area (Å²) >= 11 is 0. The molecule has 0 aliphatic heterocycles. The maximum atomic E-state index is 9.40. The lowest BCUT2D eigenvalue weighted by Gasteiger charge is -2.11. The summed E-state index contributed by atoms with van der Waals surface area (Å²) in [7, 11) is 0. The molecule has 2 N–H and O–H groups in total. The summed E-state index contributed by atoms with van der Waals surface area (Å²) in [5, 5.41) is 26.8. The van der Waals surface area contributed by atoms with Crippen LogP contribution in [0, 0.1) is 18.3 Å². The van der Waals surface area contributed by atoms with Crippen molar-refractivity contribution >= 4 is 0 Å². The summed E-state index contributed by atoms with van der Waals surface area (Å²) in [5.74, 6) is 0. The average molecular weight is 178 g/mol. The fourth-order valence-electron chi connectivity index (χ4n) is 0.993. The Bertz CT molecular complexity index is 333. The molecule has 0 amide bonds. The van der Waals surface area contributed by atoms with E-state index in [2.05, 4.69) is 4.98 Å². The van der Waals surface area contributed by atoms with Gasteiger partial charge in [0.25, 0.3) is 0 Å². The van der Waals surface area contributed by atoms with Gasteiger partial charge >= 0.3 is 0 Å². The van der Waals surface area contributed by atoms with Crippen molar-refractivity contribution in [3.8, 4) is 6.07 Å². The van der Waals surface area contributed by atoms with Gasteiger partial charge in [-0.3, -0.25) is 4.98 Å². The Labute approximate surface area is 76.1 Å². The predicted molar refractivity (Wildman–Crippen MR) is 45.6 cm³/mol. The molecule has 1 aromatic rings. The van der Waals surface area contributed by atoms with Gasteiger partial charge in [0.1, 0.15) is 6.10 Å². The molecule has 1 rings (SSSR count). The molecule has 0 saturated heterocycles. The topological polar surface area (TPSA) is 77.1 Å². The Kier molecular flexibility index (Phi) is 2.96. The Morgan fingerprint density at radius 1 is 1.46 bits per heavy atom. The summed E-state index contributed by atoms with van der Waals surface area (Å²) in [6.07, 6.45) is 0.480. The highest BCUT2D eigenvalue weighted by atomic mass is 16.3. The normalized spacial score (nSPS) is 14.6. The van der Waals surface area contributed by atoms with Crippen LogP contribution in [0.4, 0.5) is 0 Å². The fourth-order valence-corrected chi connectivity index (χ4v) is 0.993. The second kappa shape index (κ2) is 3.99. The second-order valence-electron chi connectivity index (χ2n) is 2.81. The summed E-state index contributed by atoms with van der Waals surface area (Å²) in [6, 6.07) is 3.24. The molecule has 0 aromatic carbocycles. The molecule has 4 nitrogen and oxygen atoms in total.